The average molecular weight is 541 g/mol. The number of rotatable bonds is 7. The van der Waals surface area contributed by atoms with Crippen molar-refractivity contribution in [2.75, 3.05) is 65.4 Å². The smallest absolute Gasteiger partial charge is 0.194 e. The molecule has 8 nitrogen and oxygen atoms in total. The molecule has 3 rings (SSSR count). The summed E-state index contributed by atoms with van der Waals surface area (Å²) in [6.45, 7) is 7.37. The van der Waals surface area contributed by atoms with E-state index in [1.165, 1.54) is 5.56 Å². The molecule has 0 saturated carbocycles. The lowest BCUT2D eigenvalue weighted by Crippen LogP contribution is -2.52. The first-order valence-electron chi connectivity index (χ1n) is 10.6. The zero-order valence-electron chi connectivity index (χ0n) is 19.3. The van der Waals surface area contributed by atoms with E-state index in [0.29, 0.717) is 6.54 Å². The minimum atomic E-state index is 0. The highest BCUT2D eigenvalue weighted by molar-refractivity contribution is 14.0. The first kappa shape index (κ1) is 25.3. The summed E-state index contributed by atoms with van der Waals surface area (Å²) in [7, 11) is 7.86. The molecule has 0 bridgehead atoms. The molecule has 1 aromatic heterocycles. The van der Waals surface area contributed by atoms with Crippen LogP contribution < -0.4 is 15.0 Å². The van der Waals surface area contributed by atoms with Gasteiger partial charge < -0.3 is 24.8 Å². The quantitative estimate of drug-likeness (QED) is 0.330. The van der Waals surface area contributed by atoms with E-state index >= 15 is 0 Å². The summed E-state index contributed by atoms with van der Waals surface area (Å²) in [5.41, 5.74) is 2.34. The Hall–Kier alpha value is -2.01. The zero-order chi connectivity index (χ0) is 21.5. The van der Waals surface area contributed by atoms with E-state index < -0.39 is 0 Å². The zero-order valence-corrected chi connectivity index (χ0v) is 21.6. The standard InChI is InChI=1S/C22H35N7O.HI/c1-6-23-22(24-16-20(26(2)3)18-15-25-27(4)17-18)29-13-11-28(12-14-29)19-9-7-8-10-21(19)30-5;/h7-10,15,17,20H,6,11-14,16H2,1-5H3,(H,23,24);1H. The van der Waals surface area contributed by atoms with E-state index in [4.69, 9.17) is 9.73 Å². The molecule has 1 aliphatic heterocycles. The Labute approximate surface area is 203 Å². The number of piperazine rings is 1. The number of hydrogen-bond acceptors (Lipinski definition) is 5. The number of methoxy groups -OCH3 is 1. The van der Waals surface area contributed by atoms with Gasteiger partial charge in [-0.05, 0) is 33.2 Å². The number of ether oxygens (including phenoxy) is 1. The van der Waals surface area contributed by atoms with Gasteiger partial charge >= 0.3 is 0 Å². The summed E-state index contributed by atoms with van der Waals surface area (Å²) in [6, 6.07) is 8.42. The highest BCUT2D eigenvalue weighted by Crippen LogP contribution is 2.28. The van der Waals surface area contributed by atoms with Gasteiger partial charge in [0.15, 0.2) is 5.96 Å². The van der Waals surface area contributed by atoms with E-state index in [-0.39, 0.29) is 30.0 Å². The van der Waals surface area contributed by atoms with Gasteiger partial charge in [0, 0.05) is 51.5 Å². The Bertz CT molecular complexity index is 831. The third kappa shape index (κ3) is 6.49. The summed E-state index contributed by atoms with van der Waals surface area (Å²) in [4.78, 5) is 11.9. The van der Waals surface area contributed by atoms with Crippen molar-refractivity contribution in [3.05, 3.63) is 42.2 Å². The summed E-state index contributed by atoms with van der Waals surface area (Å²) in [5, 5.41) is 7.80. The molecule has 1 fully saturated rings. The van der Waals surface area contributed by atoms with Gasteiger partial charge in [-0.2, -0.15) is 5.10 Å². The second-order valence-electron chi connectivity index (χ2n) is 7.77. The number of aryl methyl sites for hydroxylation is 1. The molecular weight excluding hydrogens is 505 g/mol. The van der Waals surface area contributed by atoms with Gasteiger partial charge in [0.05, 0.1) is 31.6 Å². The SMILES string of the molecule is CCNC(=NCC(c1cnn(C)c1)N(C)C)N1CCN(c2ccccc2OC)CC1.I. The van der Waals surface area contributed by atoms with Crippen LogP contribution in [0.1, 0.15) is 18.5 Å². The second kappa shape index (κ2) is 12.1. The molecule has 1 atom stereocenters. The summed E-state index contributed by atoms with van der Waals surface area (Å²) in [5.74, 6) is 1.91. The molecule has 0 amide bonds. The van der Waals surface area contributed by atoms with Gasteiger partial charge in [-0.3, -0.25) is 9.67 Å². The molecule has 2 aromatic rings. The molecule has 172 valence electrons. The number of nitrogens with one attached hydrogen (secondary N) is 1. The molecule has 0 radical (unpaired) electrons. The normalized spacial score (nSPS) is 15.6. The van der Waals surface area contributed by atoms with Crippen LogP contribution in [0.5, 0.6) is 5.75 Å². The van der Waals surface area contributed by atoms with E-state index in [0.717, 1.165) is 50.1 Å². The summed E-state index contributed by atoms with van der Waals surface area (Å²) >= 11 is 0. The number of para-hydroxylation sites is 2. The molecule has 2 heterocycles. The van der Waals surface area contributed by atoms with Crippen LogP contribution in [0.2, 0.25) is 0 Å². The van der Waals surface area contributed by atoms with Crippen molar-refractivity contribution in [3.8, 4) is 5.75 Å². The van der Waals surface area contributed by atoms with Crippen LogP contribution in [-0.4, -0.2) is 86.0 Å². The third-order valence-corrected chi connectivity index (χ3v) is 5.49. The Morgan fingerprint density at radius 2 is 1.94 bits per heavy atom. The number of nitrogens with zero attached hydrogens (tertiary/aromatic N) is 6. The number of benzene rings is 1. The molecule has 1 saturated heterocycles. The first-order valence-corrected chi connectivity index (χ1v) is 10.6. The summed E-state index contributed by atoms with van der Waals surface area (Å²) in [6.07, 6.45) is 4.00. The lowest BCUT2D eigenvalue weighted by Gasteiger charge is -2.38. The van der Waals surface area contributed by atoms with E-state index in [2.05, 4.69) is 64.5 Å². The molecule has 1 unspecified atom stereocenters. The van der Waals surface area contributed by atoms with Crippen molar-refractivity contribution in [2.24, 2.45) is 12.0 Å². The molecule has 31 heavy (non-hydrogen) atoms. The number of likely N-dealkylation sites (N-methyl/N-ethyl adjacent to an activating group) is 1. The maximum atomic E-state index is 5.54. The van der Waals surface area contributed by atoms with Gasteiger partial charge in [-0.1, -0.05) is 12.1 Å². The van der Waals surface area contributed by atoms with Crippen molar-refractivity contribution >= 4 is 35.6 Å². The van der Waals surface area contributed by atoms with Crippen LogP contribution in [-0.2, 0) is 7.05 Å². The lowest BCUT2D eigenvalue weighted by molar-refractivity contribution is 0.303. The van der Waals surface area contributed by atoms with Gasteiger partial charge in [-0.15, -0.1) is 24.0 Å². The van der Waals surface area contributed by atoms with Crippen molar-refractivity contribution in [1.82, 2.24) is 24.9 Å². The maximum Gasteiger partial charge on any atom is 0.194 e. The fourth-order valence-electron chi connectivity index (χ4n) is 3.83. The number of hydrogen-bond donors (Lipinski definition) is 1. The molecule has 1 aromatic carbocycles. The molecule has 1 N–H and O–H groups in total. The fourth-order valence-corrected chi connectivity index (χ4v) is 3.83. The Kier molecular flexibility index (Phi) is 9.89. The Morgan fingerprint density at radius 3 is 2.52 bits per heavy atom. The van der Waals surface area contributed by atoms with Crippen molar-refractivity contribution in [2.45, 2.75) is 13.0 Å². The summed E-state index contributed by atoms with van der Waals surface area (Å²) < 4.78 is 7.38. The number of aliphatic imine (C=N–C) groups is 1. The Balaban J connectivity index is 0.00000341. The first-order chi connectivity index (χ1) is 14.5. The molecule has 1 aliphatic rings. The largest absolute Gasteiger partial charge is 0.495 e. The van der Waals surface area contributed by atoms with Crippen LogP contribution in [0.3, 0.4) is 0 Å². The van der Waals surface area contributed by atoms with E-state index in [9.17, 15) is 0 Å². The highest BCUT2D eigenvalue weighted by Gasteiger charge is 2.22. The van der Waals surface area contributed by atoms with Gasteiger partial charge in [0.25, 0.3) is 0 Å². The van der Waals surface area contributed by atoms with Crippen LogP contribution >= 0.6 is 24.0 Å². The second-order valence-corrected chi connectivity index (χ2v) is 7.77. The molecular formula is C22H36IN7O. The minimum absolute atomic E-state index is 0. The van der Waals surface area contributed by atoms with E-state index in [1.807, 2.05) is 30.1 Å². The number of halogens is 1. The number of anilines is 1. The predicted octanol–water partition coefficient (Wildman–Crippen LogP) is 2.44. The predicted molar refractivity (Wildman–Crippen MR) is 138 cm³/mol. The van der Waals surface area contributed by atoms with E-state index in [1.54, 1.807) is 7.11 Å². The van der Waals surface area contributed by atoms with Gasteiger partial charge in [-0.25, -0.2) is 0 Å². The maximum absolute atomic E-state index is 5.54. The van der Waals surface area contributed by atoms with Crippen molar-refractivity contribution < 1.29 is 4.74 Å². The van der Waals surface area contributed by atoms with Crippen LogP contribution in [0.4, 0.5) is 5.69 Å². The highest BCUT2D eigenvalue weighted by atomic mass is 127. The monoisotopic (exact) mass is 541 g/mol. The molecule has 0 spiro atoms. The van der Waals surface area contributed by atoms with Crippen molar-refractivity contribution in [1.29, 1.82) is 0 Å². The molecule has 0 aliphatic carbocycles. The minimum Gasteiger partial charge on any atom is -0.495 e. The van der Waals surface area contributed by atoms with Crippen LogP contribution in [0, 0.1) is 0 Å². The van der Waals surface area contributed by atoms with Gasteiger partial charge in [0.1, 0.15) is 5.75 Å². The number of guanidine groups is 1. The Morgan fingerprint density at radius 1 is 1.23 bits per heavy atom. The van der Waals surface area contributed by atoms with Crippen LogP contribution in [0.15, 0.2) is 41.7 Å². The topological polar surface area (TPSA) is 61.2 Å². The number of aromatic nitrogens is 2. The third-order valence-electron chi connectivity index (χ3n) is 5.49. The fraction of sp³-hybridized carbons (Fsp3) is 0.545. The molecule has 9 heteroatoms. The lowest BCUT2D eigenvalue weighted by atomic mass is 10.1. The average Bonchev–Trinajstić information content (AvgIpc) is 3.19. The van der Waals surface area contributed by atoms with Crippen LogP contribution in [0.25, 0.3) is 0 Å². The van der Waals surface area contributed by atoms with Crippen molar-refractivity contribution in [3.63, 3.8) is 0 Å². The van der Waals surface area contributed by atoms with Gasteiger partial charge in [0.2, 0.25) is 0 Å².